The van der Waals surface area contributed by atoms with Crippen molar-refractivity contribution in [1.82, 2.24) is 0 Å². The number of anilines is 1. The molecule has 1 heterocycles. The van der Waals surface area contributed by atoms with Gasteiger partial charge in [-0.3, -0.25) is 14.4 Å². The lowest BCUT2D eigenvalue weighted by atomic mass is 9.90. The van der Waals surface area contributed by atoms with Gasteiger partial charge in [0.25, 0.3) is 0 Å². The van der Waals surface area contributed by atoms with Crippen LogP contribution in [0.4, 0.5) is 5.69 Å². The van der Waals surface area contributed by atoms with Crippen LogP contribution in [0.5, 0.6) is 11.5 Å². The number of nitrogens with zero attached hydrogens (tertiary/aromatic N) is 1. The number of carbonyl (C=O) groups is 3. The topological polar surface area (TPSA) is 186 Å². The van der Waals surface area contributed by atoms with Crippen molar-refractivity contribution in [1.29, 1.82) is 0 Å². The molecule has 0 atom stereocenters. The zero-order valence-electron chi connectivity index (χ0n) is 18.4. The highest BCUT2D eigenvalue weighted by molar-refractivity contribution is 6.33. The van der Waals surface area contributed by atoms with Crippen molar-refractivity contribution >= 4 is 57.8 Å². The standard InChI is InChI=1S/C24H15Cl2NO10/c25-13-1-11-19(5-16(13)28)37-20-6-17(29)14(26)2-12(20)23(11)9-4-18(30)15(3-10(9)24(35)36)27(7-21(31)32)8-22(33)34/h1-6,28,30H,7-8H2,(H,31,32)(H,33,34)(H,35,36). The van der Waals surface area contributed by atoms with Gasteiger partial charge in [-0.05, 0) is 24.3 Å². The Bertz CT molecular complexity index is 1630. The monoisotopic (exact) mass is 547 g/mol. The minimum Gasteiger partial charge on any atom is -0.506 e. The highest BCUT2D eigenvalue weighted by atomic mass is 35.5. The Morgan fingerprint density at radius 3 is 2.05 bits per heavy atom. The summed E-state index contributed by atoms with van der Waals surface area (Å²) in [6.45, 7) is -1.68. The van der Waals surface area contributed by atoms with E-state index in [-0.39, 0.29) is 54.9 Å². The number of aromatic carboxylic acids is 1. The number of fused-ring (bicyclic) bond motifs is 2. The van der Waals surface area contributed by atoms with Crippen molar-refractivity contribution in [2.24, 2.45) is 0 Å². The number of carboxylic acid groups (broad SMARTS) is 3. The van der Waals surface area contributed by atoms with Crippen molar-refractivity contribution < 1.29 is 44.3 Å². The summed E-state index contributed by atoms with van der Waals surface area (Å²) in [6.07, 6.45) is 0. The van der Waals surface area contributed by atoms with E-state index in [4.69, 9.17) is 27.6 Å². The molecule has 37 heavy (non-hydrogen) atoms. The molecule has 1 aliphatic heterocycles. The molecular weight excluding hydrogens is 533 g/mol. The fraction of sp³-hybridized carbons (Fsp3) is 0.0833. The first-order valence-electron chi connectivity index (χ1n) is 10.2. The van der Waals surface area contributed by atoms with Crippen LogP contribution in [0.15, 0.2) is 45.6 Å². The van der Waals surface area contributed by atoms with Gasteiger partial charge in [0.2, 0.25) is 5.43 Å². The van der Waals surface area contributed by atoms with Crippen molar-refractivity contribution in [3.05, 3.63) is 62.2 Å². The molecule has 11 nitrogen and oxygen atoms in total. The molecule has 0 spiro atoms. The second kappa shape index (κ2) is 9.52. The zero-order chi connectivity index (χ0) is 27.2. The van der Waals surface area contributed by atoms with Crippen LogP contribution in [0, 0.1) is 0 Å². The van der Waals surface area contributed by atoms with E-state index >= 15 is 0 Å². The van der Waals surface area contributed by atoms with Crippen molar-refractivity contribution in [2.45, 2.75) is 0 Å². The van der Waals surface area contributed by atoms with Gasteiger partial charge in [0.15, 0.2) is 0 Å². The minimum atomic E-state index is -1.50. The predicted molar refractivity (Wildman–Crippen MR) is 132 cm³/mol. The Balaban J connectivity index is 2.12. The summed E-state index contributed by atoms with van der Waals surface area (Å²) in [7, 11) is 0. The van der Waals surface area contributed by atoms with E-state index in [1.807, 2.05) is 0 Å². The van der Waals surface area contributed by atoms with Crippen molar-refractivity contribution in [2.75, 3.05) is 18.0 Å². The smallest absolute Gasteiger partial charge is 0.336 e. The third kappa shape index (κ3) is 4.82. The minimum absolute atomic E-state index is 0.0168. The van der Waals surface area contributed by atoms with E-state index in [0.717, 1.165) is 29.2 Å². The molecule has 5 N–H and O–H groups in total. The van der Waals surface area contributed by atoms with Crippen molar-refractivity contribution in [3.8, 4) is 33.9 Å². The zero-order valence-corrected chi connectivity index (χ0v) is 19.9. The van der Waals surface area contributed by atoms with E-state index in [1.54, 1.807) is 0 Å². The molecule has 4 rings (SSSR count). The number of carboxylic acids is 3. The van der Waals surface area contributed by atoms with Gasteiger partial charge in [-0.2, -0.15) is 0 Å². The molecule has 0 saturated carbocycles. The maximum Gasteiger partial charge on any atom is 0.336 e. The molecule has 2 aromatic carbocycles. The third-order valence-electron chi connectivity index (χ3n) is 5.45. The number of phenols is 2. The van der Waals surface area contributed by atoms with Crippen LogP contribution in [0.1, 0.15) is 10.4 Å². The molecule has 0 unspecified atom stereocenters. The number of hydrogen-bond acceptors (Lipinski definition) is 8. The van der Waals surface area contributed by atoms with Crippen molar-refractivity contribution in [3.63, 3.8) is 0 Å². The molecule has 2 aliphatic rings. The predicted octanol–water partition coefficient (Wildman–Crippen LogP) is 3.96. The Morgan fingerprint density at radius 1 is 0.811 bits per heavy atom. The number of aliphatic carboxylic acids is 2. The van der Waals surface area contributed by atoms with E-state index in [0.29, 0.717) is 0 Å². The highest BCUT2D eigenvalue weighted by Gasteiger charge is 2.27. The van der Waals surface area contributed by atoms with Crippen LogP contribution in [-0.4, -0.2) is 56.5 Å². The largest absolute Gasteiger partial charge is 0.506 e. The van der Waals surface area contributed by atoms with Crippen LogP contribution in [0.25, 0.3) is 33.4 Å². The molecule has 2 aromatic rings. The Labute approximate surface area is 216 Å². The van der Waals surface area contributed by atoms with Gasteiger partial charge in [0.1, 0.15) is 35.9 Å². The van der Waals surface area contributed by atoms with Crippen LogP contribution in [0.3, 0.4) is 0 Å². The first-order valence-corrected chi connectivity index (χ1v) is 11.0. The number of aromatic hydroxyl groups is 2. The Kier molecular flexibility index (Phi) is 6.59. The molecule has 13 heteroatoms. The fourth-order valence-electron chi connectivity index (χ4n) is 3.96. The van der Waals surface area contributed by atoms with E-state index in [2.05, 4.69) is 0 Å². The van der Waals surface area contributed by atoms with Crippen LogP contribution in [-0.2, 0) is 9.59 Å². The first kappa shape index (κ1) is 25.6. The third-order valence-corrected chi connectivity index (χ3v) is 6.05. The quantitative estimate of drug-likeness (QED) is 0.211. The molecule has 0 saturated heterocycles. The average molecular weight is 548 g/mol. The van der Waals surface area contributed by atoms with Gasteiger partial charge >= 0.3 is 17.9 Å². The van der Waals surface area contributed by atoms with Crippen LogP contribution in [0.2, 0.25) is 10.0 Å². The van der Waals surface area contributed by atoms with E-state index in [9.17, 15) is 44.7 Å². The SMILES string of the molecule is O=C(O)CN(CC(=O)O)c1cc(C(=O)O)c(-c2c3cc(Cl)c(=O)cc-3oc3cc(O)c(Cl)cc23)cc1O. The van der Waals surface area contributed by atoms with Gasteiger partial charge in [0.05, 0.1) is 21.3 Å². The lowest BCUT2D eigenvalue weighted by Crippen LogP contribution is -2.34. The lowest BCUT2D eigenvalue weighted by Gasteiger charge is -2.24. The Hall–Kier alpha value is -4.48. The number of hydrogen-bond donors (Lipinski definition) is 5. The molecule has 1 aliphatic carbocycles. The maximum atomic E-state index is 12.3. The maximum absolute atomic E-state index is 12.3. The molecule has 0 amide bonds. The normalized spacial score (nSPS) is 11.1. The van der Waals surface area contributed by atoms with E-state index < -0.39 is 47.7 Å². The summed E-state index contributed by atoms with van der Waals surface area (Å²) in [5.41, 5.74) is -1.20. The van der Waals surface area contributed by atoms with Gasteiger partial charge < -0.3 is 34.8 Å². The number of benzene rings is 3. The molecular formula is C24H15Cl2NO10. The van der Waals surface area contributed by atoms with Gasteiger partial charge in [0, 0.05) is 34.2 Å². The van der Waals surface area contributed by atoms with Gasteiger partial charge in [-0.1, -0.05) is 23.2 Å². The highest BCUT2D eigenvalue weighted by Crippen LogP contribution is 2.46. The van der Waals surface area contributed by atoms with Gasteiger partial charge in [-0.15, -0.1) is 0 Å². The second-order valence-corrected chi connectivity index (χ2v) is 8.71. The number of halogens is 2. The molecule has 0 bridgehead atoms. The van der Waals surface area contributed by atoms with Crippen LogP contribution >= 0.6 is 23.2 Å². The number of phenolic OH excluding ortho intramolecular Hbond substituents is 2. The van der Waals surface area contributed by atoms with E-state index in [1.165, 1.54) is 12.1 Å². The van der Waals surface area contributed by atoms with Gasteiger partial charge in [-0.25, -0.2) is 4.79 Å². The fourth-order valence-corrected chi connectivity index (χ4v) is 4.28. The molecule has 0 radical (unpaired) electrons. The number of rotatable bonds is 7. The second-order valence-electron chi connectivity index (χ2n) is 7.89. The Morgan fingerprint density at radius 2 is 1.46 bits per heavy atom. The molecule has 0 fully saturated rings. The summed E-state index contributed by atoms with van der Waals surface area (Å²) in [4.78, 5) is 47.8. The summed E-state index contributed by atoms with van der Waals surface area (Å²) >= 11 is 12.1. The summed E-state index contributed by atoms with van der Waals surface area (Å²) in [5, 5.41) is 49.1. The summed E-state index contributed by atoms with van der Waals surface area (Å²) < 4.78 is 5.73. The van der Waals surface area contributed by atoms with Crippen LogP contribution < -0.4 is 10.3 Å². The first-order chi connectivity index (χ1) is 17.4. The molecule has 0 aromatic heterocycles. The molecule has 190 valence electrons. The lowest BCUT2D eigenvalue weighted by molar-refractivity contribution is -0.136. The average Bonchev–Trinajstić information content (AvgIpc) is 2.78. The summed E-state index contributed by atoms with van der Waals surface area (Å²) in [6, 6.07) is 6.73. The summed E-state index contributed by atoms with van der Waals surface area (Å²) in [5.74, 6) is -5.33.